The fourth-order valence-electron chi connectivity index (χ4n) is 1.53. The van der Waals surface area contributed by atoms with Gasteiger partial charge in [0.15, 0.2) is 5.96 Å². The molecule has 1 aromatic carbocycles. The maximum atomic E-state index is 4.30. The molecule has 0 aliphatic carbocycles. The van der Waals surface area contributed by atoms with Crippen LogP contribution >= 0.6 is 15.9 Å². The Morgan fingerprint density at radius 1 is 1.40 bits per heavy atom. The predicted molar refractivity (Wildman–Crippen MR) is 66.0 cm³/mol. The molecule has 1 unspecified atom stereocenters. The molecule has 0 radical (unpaired) electrons. The third-order valence-corrected chi connectivity index (χ3v) is 2.93. The molecule has 0 amide bonds. The molecule has 0 aromatic heterocycles. The molecule has 1 heterocycles. The van der Waals surface area contributed by atoms with E-state index in [4.69, 9.17) is 0 Å². The Bertz CT molecular complexity index is 359. The summed E-state index contributed by atoms with van der Waals surface area (Å²) in [5.41, 5.74) is 1.26. The van der Waals surface area contributed by atoms with Gasteiger partial charge in [-0.3, -0.25) is 4.99 Å². The summed E-state index contributed by atoms with van der Waals surface area (Å²) in [4.78, 5) is 4.30. The maximum Gasteiger partial charge on any atom is 0.191 e. The summed E-state index contributed by atoms with van der Waals surface area (Å²) in [7, 11) is 0. The van der Waals surface area contributed by atoms with E-state index in [0.29, 0.717) is 0 Å². The number of rotatable bonds is 2. The highest BCUT2D eigenvalue weighted by molar-refractivity contribution is 9.10. The molecule has 3 nitrogen and oxygen atoms in total. The van der Waals surface area contributed by atoms with Crippen LogP contribution in [-0.2, 0) is 0 Å². The fourth-order valence-corrected chi connectivity index (χ4v) is 1.80. The van der Waals surface area contributed by atoms with E-state index in [0.717, 1.165) is 23.5 Å². The Morgan fingerprint density at radius 3 is 2.73 bits per heavy atom. The van der Waals surface area contributed by atoms with Crippen molar-refractivity contribution < 1.29 is 0 Å². The quantitative estimate of drug-likeness (QED) is 0.861. The summed E-state index contributed by atoms with van der Waals surface area (Å²) in [6.45, 7) is 3.94. The van der Waals surface area contributed by atoms with Gasteiger partial charge in [0.25, 0.3) is 0 Å². The number of halogens is 1. The van der Waals surface area contributed by atoms with Crippen LogP contribution in [0.15, 0.2) is 33.7 Å². The lowest BCUT2D eigenvalue weighted by Crippen LogP contribution is -2.35. The smallest absolute Gasteiger partial charge is 0.191 e. The van der Waals surface area contributed by atoms with Crippen LogP contribution in [0.2, 0.25) is 0 Å². The molecule has 1 aromatic rings. The largest absolute Gasteiger partial charge is 0.355 e. The number of hydrogen-bond donors (Lipinski definition) is 2. The van der Waals surface area contributed by atoms with Crippen LogP contribution in [0.4, 0.5) is 0 Å². The van der Waals surface area contributed by atoms with Gasteiger partial charge < -0.3 is 10.6 Å². The number of guanidine groups is 1. The molecular formula is C11H14BrN3. The first kappa shape index (κ1) is 10.5. The highest BCUT2D eigenvalue weighted by atomic mass is 79.9. The number of benzene rings is 1. The van der Waals surface area contributed by atoms with E-state index in [1.807, 2.05) is 0 Å². The summed E-state index contributed by atoms with van der Waals surface area (Å²) in [6, 6.07) is 8.60. The third kappa shape index (κ3) is 2.72. The van der Waals surface area contributed by atoms with E-state index in [2.05, 4.69) is 62.7 Å². The van der Waals surface area contributed by atoms with Gasteiger partial charge in [-0.05, 0) is 24.6 Å². The van der Waals surface area contributed by atoms with Crippen molar-refractivity contribution in [1.29, 1.82) is 0 Å². The molecule has 0 bridgehead atoms. The second-order valence-electron chi connectivity index (χ2n) is 3.57. The Balaban J connectivity index is 2.00. The van der Waals surface area contributed by atoms with Crippen molar-refractivity contribution in [3.8, 4) is 0 Å². The molecular weight excluding hydrogens is 254 g/mol. The van der Waals surface area contributed by atoms with Gasteiger partial charge in [0.1, 0.15) is 0 Å². The van der Waals surface area contributed by atoms with Gasteiger partial charge >= 0.3 is 0 Å². The van der Waals surface area contributed by atoms with Gasteiger partial charge in [0.2, 0.25) is 0 Å². The molecule has 15 heavy (non-hydrogen) atoms. The average Bonchev–Trinajstić information content (AvgIpc) is 2.71. The van der Waals surface area contributed by atoms with E-state index in [1.54, 1.807) is 0 Å². The van der Waals surface area contributed by atoms with Crippen molar-refractivity contribution in [1.82, 2.24) is 10.6 Å². The number of nitrogens with one attached hydrogen (secondary N) is 2. The van der Waals surface area contributed by atoms with Crippen molar-refractivity contribution in [3.63, 3.8) is 0 Å². The molecule has 4 heteroatoms. The van der Waals surface area contributed by atoms with Crippen LogP contribution < -0.4 is 10.6 Å². The van der Waals surface area contributed by atoms with Crippen LogP contribution in [0.1, 0.15) is 18.5 Å². The minimum Gasteiger partial charge on any atom is -0.355 e. The Morgan fingerprint density at radius 2 is 2.13 bits per heavy atom. The lowest BCUT2D eigenvalue weighted by molar-refractivity contribution is 0.702. The van der Waals surface area contributed by atoms with Crippen LogP contribution in [0.3, 0.4) is 0 Å². The lowest BCUT2D eigenvalue weighted by Gasteiger charge is -2.15. The lowest BCUT2D eigenvalue weighted by atomic mass is 10.1. The van der Waals surface area contributed by atoms with Crippen LogP contribution in [-0.4, -0.2) is 19.0 Å². The molecule has 80 valence electrons. The highest BCUT2D eigenvalue weighted by Crippen LogP contribution is 2.16. The second kappa shape index (κ2) is 4.66. The second-order valence-corrected chi connectivity index (χ2v) is 4.49. The van der Waals surface area contributed by atoms with E-state index >= 15 is 0 Å². The van der Waals surface area contributed by atoms with Crippen LogP contribution in [0, 0.1) is 0 Å². The number of hydrogen-bond acceptors (Lipinski definition) is 3. The zero-order valence-corrected chi connectivity index (χ0v) is 10.2. The van der Waals surface area contributed by atoms with E-state index in [-0.39, 0.29) is 6.04 Å². The minimum absolute atomic E-state index is 0.280. The molecule has 2 N–H and O–H groups in total. The Labute approximate surface area is 98.1 Å². The molecule has 2 rings (SSSR count). The van der Waals surface area contributed by atoms with Crippen molar-refractivity contribution in [2.75, 3.05) is 13.1 Å². The van der Waals surface area contributed by atoms with E-state index in [9.17, 15) is 0 Å². The summed E-state index contributed by atoms with van der Waals surface area (Å²) in [5.74, 6) is 0.908. The topological polar surface area (TPSA) is 36.4 Å². The summed E-state index contributed by atoms with van der Waals surface area (Å²) < 4.78 is 1.11. The maximum absolute atomic E-state index is 4.30. The molecule has 0 saturated carbocycles. The minimum atomic E-state index is 0.280. The molecule has 1 aliphatic rings. The Kier molecular flexibility index (Phi) is 3.26. The number of aliphatic imine (C=N–C) groups is 1. The fraction of sp³-hybridized carbons (Fsp3) is 0.364. The first-order valence-electron chi connectivity index (χ1n) is 5.06. The van der Waals surface area contributed by atoms with E-state index in [1.165, 1.54) is 5.56 Å². The third-order valence-electron chi connectivity index (χ3n) is 2.40. The average molecular weight is 268 g/mol. The summed E-state index contributed by atoms with van der Waals surface area (Å²) in [6.07, 6.45) is 0. The summed E-state index contributed by atoms with van der Waals surface area (Å²) in [5, 5.41) is 6.54. The van der Waals surface area contributed by atoms with Gasteiger partial charge in [-0.25, -0.2) is 0 Å². The standard InChI is InChI=1S/C11H14BrN3/c1-8(15-11-13-6-7-14-11)9-2-4-10(12)5-3-9/h2-5,8H,6-7H2,1H3,(H2,13,14,15). The molecule has 1 aliphatic heterocycles. The van der Waals surface area contributed by atoms with Gasteiger partial charge in [0.05, 0.1) is 12.6 Å². The van der Waals surface area contributed by atoms with Gasteiger partial charge in [-0.1, -0.05) is 28.1 Å². The Hall–Kier alpha value is -1.03. The SMILES string of the molecule is CC(NC1=NCCN1)c1ccc(Br)cc1. The molecule has 1 atom stereocenters. The van der Waals surface area contributed by atoms with Gasteiger partial charge in [-0.15, -0.1) is 0 Å². The van der Waals surface area contributed by atoms with E-state index < -0.39 is 0 Å². The normalized spacial score (nSPS) is 16.8. The van der Waals surface area contributed by atoms with Crippen molar-refractivity contribution >= 4 is 21.9 Å². The first-order chi connectivity index (χ1) is 7.25. The van der Waals surface area contributed by atoms with Crippen molar-refractivity contribution in [2.45, 2.75) is 13.0 Å². The molecule has 0 spiro atoms. The zero-order valence-electron chi connectivity index (χ0n) is 8.63. The van der Waals surface area contributed by atoms with Crippen molar-refractivity contribution in [2.24, 2.45) is 4.99 Å². The van der Waals surface area contributed by atoms with Crippen molar-refractivity contribution in [3.05, 3.63) is 34.3 Å². The van der Waals surface area contributed by atoms with Crippen LogP contribution in [0.5, 0.6) is 0 Å². The number of nitrogens with zero attached hydrogens (tertiary/aromatic N) is 1. The predicted octanol–water partition coefficient (Wildman–Crippen LogP) is 2.06. The van der Waals surface area contributed by atoms with Gasteiger partial charge in [0, 0.05) is 11.0 Å². The van der Waals surface area contributed by atoms with Gasteiger partial charge in [-0.2, -0.15) is 0 Å². The molecule has 0 saturated heterocycles. The molecule has 0 fully saturated rings. The zero-order chi connectivity index (χ0) is 10.7. The first-order valence-corrected chi connectivity index (χ1v) is 5.85. The van der Waals surface area contributed by atoms with Crippen LogP contribution in [0.25, 0.3) is 0 Å². The monoisotopic (exact) mass is 267 g/mol. The highest BCUT2D eigenvalue weighted by Gasteiger charge is 2.09. The summed E-state index contributed by atoms with van der Waals surface area (Å²) >= 11 is 3.43.